The molecule has 1 aliphatic rings. The van der Waals surface area contributed by atoms with Crippen LogP contribution in [0.2, 0.25) is 0 Å². The molecular weight excluding hydrogens is 328 g/mol. The van der Waals surface area contributed by atoms with Crippen molar-refractivity contribution in [1.29, 1.82) is 0 Å². The Kier molecular flexibility index (Phi) is 12.4. The van der Waals surface area contributed by atoms with Crippen molar-refractivity contribution >= 4 is 11.9 Å². The van der Waals surface area contributed by atoms with E-state index in [0.717, 1.165) is 38.5 Å². The molecule has 3 unspecified atom stereocenters. The second-order valence-corrected chi connectivity index (χ2v) is 8.16. The third-order valence-corrected chi connectivity index (χ3v) is 5.94. The molecule has 4 nitrogen and oxygen atoms in total. The highest BCUT2D eigenvalue weighted by Gasteiger charge is 2.53. The van der Waals surface area contributed by atoms with Crippen molar-refractivity contribution in [3.63, 3.8) is 0 Å². The summed E-state index contributed by atoms with van der Waals surface area (Å²) < 4.78 is 0. The minimum atomic E-state index is -0.723. The standard InChI is InChI=1S/C22H40O4/c1-2-3-4-5-6-7-8-9-12-15-18-19(21(18)22(25)26)16-13-10-11-14-17-20(23)24/h18-19,21H,2-17H2,1H3,(H,23,24)(H,25,26). The van der Waals surface area contributed by atoms with Gasteiger partial charge in [0.2, 0.25) is 0 Å². The molecule has 1 rings (SSSR count). The van der Waals surface area contributed by atoms with Crippen LogP contribution in [0.25, 0.3) is 0 Å². The van der Waals surface area contributed by atoms with Crippen LogP contribution in [0.3, 0.4) is 0 Å². The molecule has 0 amide bonds. The summed E-state index contributed by atoms with van der Waals surface area (Å²) in [6.45, 7) is 2.25. The summed E-state index contributed by atoms with van der Waals surface area (Å²) in [5, 5.41) is 18.0. The first kappa shape index (κ1) is 23.0. The Bertz CT molecular complexity index is 394. The smallest absolute Gasteiger partial charge is 0.307 e. The largest absolute Gasteiger partial charge is 0.481 e. The first-order valence-electron chi connectivity index (χ1n) is 11.0. The number of unbranched alkanes of at least 4 members (excludes halogenated alkanes) is 11. The topological polar surface area (TPSA) is 74.6 Å². The van der Waals surface area contributed by atoms with Crippen LogP contribution in [0.1, 0.15) is 110 Å². The van der Waals surface area contributed by atoms with Gasteiger partial charge in [-0.15, -0.1) is 0 Å². The highest BCUT2D eigenvalue weighted by Crippen LogP contribution is 2.52. The van der Waals surface area contributed by atoms with E-state index in [2.05, 4.69) is 6.92 Å². The molecule has 1 saturated carbocycles. The number of aliphatic carboxylic acids is 2. The van der Waals surface area contributed by atoms with E-state index in [1.54, 1.807) is 0 Å². The van der Waals surface area contributed by atoms with Crippen LogP contribution in [-0.4, -0.2) is 22.2 Å². The van der Waals surface area contributed by atoms with E-state index in [1.807, 2.05) is 0 Å². The summed E-state index contributed by atoms with van der Waals surface area (Å²) >= 11 is 0. The van der Waals surface area contributed by atoms with Crippen molar-refractivity contribution in [2.24, 2.45) is 17.8 Å². The number of carboxylic acids is 2. The summed E-state index contributed by atoms with van der Waals surface area (Å²) in [5.41, 5.74) is 0. The molecule has 0 bridgehead atoms. The Hall–Kier alpha value is -1.06. The van der Waals surface area contributed by atoms with E-state index < -0.39 is 11.9 Å². The van der Waals surface area contributed by atoms with E-state index in [-0.39, 0.29) is 12.3 Å². The third-order valence-electron chi connectivity index (χ3n) is 5.94. The monoisotopic (exact) mass is 368 g/mol. The minimum Gasteiger partial charge on any atom is -0.481 e. The fraction of sp³-hybridized carbons (Fsp3) is 0.909. The van der Waals surface area contributed by atoms with Gasteiger partial charge in [0.05, 0.1) is 5.92 Å². The van der Waals surface area contributed by atoms with E-state index >= 15 is 0 Å². The maximum atomic E-state index is 11.4. The summed E-state index contributed by atoms with van der Waals surface area (Å²) in [6, 6.07) is 0. The summed E-state index contributed by atoms with van der Waals surface area (Å²) in [5.74, 6) is -0.666. The normalized spacial score (nSPS) is 21.7. The van der Waals surface area contributed by atoms with E-state index in [9.17, 15) is 14.7 Å². The van der Waals surface area contributed by atoms with Gasteiger partial charge in [0.1, 0.15) is 0 Å². The molecule has 26 heavy (non-hydrogen) atoms. The molecule has 3 atom stereocenters. The quantitative estimate of drug-likeness (QED) is 0.279. The Morgan fingerprint density at radius 2 is 1.08 bits per heavy atom. The number of carbonyl (C=O) groups is 2. The maximum absolute atomic E-state index is 11.4. The summed E-state index contributed by atoms with van der Waals surface area (Å²) in [6.07, 6.45) is 17.9. The number of hydrogen-bond donors (Lipinski definition) is 2. The second kappa shape index (κ2) is 14.1. The number of hydrogen-bond acceptors (Lipinski definition) is 2. The highest BCUT2D eigenvalue weighted by atomic mass is 16.4. The van der Waals surface area contributed by atoms with Crippen molar-refractivity contribution in [2.75, 3.05) is 0 Å². The second-order valence-electron chi connectivity index (χ2n) is 8.16. The first-order chi connectivity index (χ1) is 12.6. The fourth-order valence-corrected chi connectivity index (χ4v) is 4.30. The Labute approximate surface area is 159 Å². The van der Waals surface area contributed by atoms with Crippen LogP contribution < -0.4 is 0 Å². The van der Waals surface area contributed by atoms with Gasteiger partial charge in [0, 0.05) is 6.42 Å². The van der Waals surface area contributed by atoms with Gasteiger partial charge in [-0.05, 0) is 31.1 Å². The SMILES string of the molecule is CCCCCCCCCCCC1C(CCCCCCC(=O)O)C1C(=O)O. The zero-order valence-corrected chi connectivity index (χ0v) is 16.8. The number of carboxylic acid groups (broad SMARTS) is 2. The van der Waals surface area contributed by atoms with Crippen LogP contribution in [0.5, 0.6) is 0 Å². The zero-order chi connectivity index (χ0) is 19.2. The Morgan fingerprint density at radius 3 is 1.50 bits per heavy atom. The lowest BCUT2D eigenvalue weighted by atomic mass is 10.0. The molecule has 0 spiro atoms. The van der Waals surface area contributed by atoms with E-state index in [1.165, 1.54) is 57.8 Å². The van der Waals surface area contributed by atoms with Crippen molar-refractivity contribution < 1.29 is 19.8 Å². The molecule has 0 saturated heterocycles. The predicted molar refractivity (Wildman–Crippen MR) is 105 cm³/mol. The lowest BCUT2D eigenvalue weighted by Gasteiger charge is -2.03. The fourth-order valence-electron chi connectivity index (χ4n) is 4.30. The van der Waals surface area contributed by atoms with Gasteiger partial charge in [-0.1, -0.05) is 84.0 Å². The van der Waals surface area contributed by atoms with Crippen LogP contribution in [0, 0.1) is 17.8 Å². The molecular formula is C22H40O4. The van der Waals surface area contributed by atoms with Gasteiger partial charge in [-0.3, -0.25) is 9.59 Å². The van der Waals surface area contributed by atoms with Gasteiger partial charge in [0.25, 0.3) is 0 Å². The van der Waals surface area contributed by atoms with Gasteiger partial charge >= 0.3 is 11.9 Å². The predicted octanol–water partition coefficient (Wildman–Crippen LogP) is 6.28. The third kappa shape index (κ3) is 10.2. The molecule has 1 fully saturated rings. The van der Waals surface area contributed by atoms with Gasteiger partial charge in [0.15, 0.2) is 0 Å². The van der Waals surface area contributed by atoms with Crippen LogP contribution >= 0.6 is 0 Å². The molecule has 0 aromatic rings. The summed E-state index contributed by atoms with van der Waals surface area (Å²) in [7, 11) is 0. The lowest BCUT2D eigenvalue weighted by molar-refractivity contribution is -0.139. The lowest BCUT2D eigenvalue weighted by Crippen LogP contribution is -2.00. The van der Waals surface area contributed by atoms with Crippen LogP contribution in [0.4, 0.5) is 0 Å². The molecule has 4 heteroatoms. The van der Waals surface area contributed by atoms with E-state index in [4.69, 9.17) is 5.11 Å². The Balaban J connectivity index is 2.02. The van der Waals surface area contributed by atoms with Crippen molar-refractivity contribution in [3.8, 4) is 0 Å². The Morgan fingerprint density at radius 1 is 0.654 bits per heavy atom. The van der Waals surface area contributed by atoms with Crippen molar-refractivity contribution in [2.45, 2.75) is 110 Å². The zero-order valence-electron chi connectivity index (χ0n) is 16.8. The van der Waals surface area contributed by atoms with Gasteiger partial charge < -0.3 is 10.2 Å². The van der Waals surface area contributed by atoms with Gasteiger partial charge in [-0.25, -0.2) is 0 Å². The molecule has 1 aliphatic carbocycles. The molecule has 0 aromatic heterocycles. The molecule has 0 aromatic carbocycles. The van der Waals surface area contributed by atoms with Crippen LogP contribution in [-0.2, 0) is 9.59 Å². The molecule has 0 aliphatic heterocycles. The van der Waals surface area contributed by atoms with Gasteiger partial charge in [-0.2, -0.15) is 0 Å². The maximum Gasteiger partial charge on any atom is 0.307 e. The average Bonchev–Trinajstić information content (AvgIpc) is 3.29. The van der Waals surface area contributed by atoms with Crippen LogP contribution in [0.15, 0.2) is 0 Å². The molecule has 0 heterocycles. The van der Waals surface area contributed by atoms with Crippen molar-refractivity contribution in [3.05, 3.63) is 0 Å². The van der Waals surface area contributed by atoms with E-state index in [0.29, 0.717) is 11.8 Å². The average molecular weight is 369 g/mol. The first-order valence-corrected chi connectivity index (χ1v) is 11.0. The summed E-state index contributed by atoms with van der Waals surface area (Å²) in [4.78, 5) is 21.9. The molecule has 2 N–H and O–H groups in total. The molecule has 152 valence electrons. The highest BCUT2D eigenvalue weighted by molar-refractivity contribution is 5.74. The molecule has 0 radical (unpaired) electrons. The van der Waals surface area contributed by atoms with Crippen molar-refractivity contribution in [1.82, 2.24) is 0 Å². The number of rotatable bonds is 18. The minimum absolute atomic E-state index is 0.108.